The zero-order chi connectivity index (χ0) is 12.5. The first-order chi connectivity index (χ1) is 8.24. The molecule has 0 bridgehead atoms. The predicted molar refractivity (Wildman–Crippen MR) is 69.7 cm³/mol. The fourth-order valence-corrected chi connectivity index (χ4v) is 1.61. The third-order valence-corrected chi connectivity index (χ3v) is 2.64. The van der Waals surface area contributed by atoms with E-state index in [1.807, 2.05) is 19.1 Å². The summed E-state index contributed by atoms with van der Waals surface area (Å²) in [4.78, 5) is 15.8. The third-order valence-electron chi connectivity index (χ3n) is 2.64. The molecule has 1 aromatic rings. The van der Waals surface area contributed by atoms with Gasteiger partial charge in [0.1, 0.15) is 0 Å². The van der Waals surface area contributed by atoms with Gasteiger partial charge in [-0.05, 0) is 38.4 Å². The lowest BCUT2D eigenvalue weighted by Gasteiger charge is -2.07. The summed E-state index contributed by atoms with van der Waals surface area (Å²) in [6.45, 7) is 2.62. The SMILES string of the molecule is Cc1ncccc1NC(=O)CCCCCCN. The Bertz CT molecular complexity index is 352. The van der Waals surface area contributed by atoms with Gasteiger partial charge in [-0.3, -0.25) is 9.78 Å². The van der Waals surface area contributed by atoms with Crippen molar-refractivity contribution in [1.82, 2.24) is 4.98 Å². The van der Waals surface area contributed by atoms with Crippen molar-refractivity contribution in [2.24, 2.45) is 5.73 Å². The summed E-state index contributed by atoms with van der Waals surface area (Å²) >= 11 is 0. The Morgan fingerprint density at radius 3 is 2.82 bits per heavy atom. The zero-order valence-corrected chi connectivity index (χ0v) is 10.4. The smallest absolute Gasteiger partial charge is 0.224 e. The van der Waals surface area contributed by atoms with Gasteiger partial charge < -0.3 is 11.1 Å². The number of hydrogen-bond acceptors (Lipinski definition) is 3. The lowest BCUT2D eigenvalue weighted by atomic mass is 10.1. The van der Waals surface area contributed by atoms with Gasteiger partial charge in [0.2, 0.25) is 5.91 Å². The number of amides is 1. The van der Waals surface area contributed by atoms with Crippen LogP contribution in [-0.4, -0.2) is 17.4 Å². The van der Waals surface area contributed by atoms with E-state index in [0.29, 0.717) is 6.42 Å². The average molecular weight is 235 g/mol. The normalized spacial score (nSPS) is 10.2. The molecule has 17 heavy (non-hydrogen) atoms. The molecule has 0 aliphatic carbocycles. The van der Waals surface area contributed by atoms with Crippen LogP contribution in [0.25, 0.3) is 0 Å². The number of nitrogens with zero attached hydrogens (tertiary/aromatic N) is 1. The highest BCUT2D eigenvalue weighted by Gasteiger charge is 2.04. The second kappa shape index (κ2) is 7.79. The summed E-state index contributed by atoms with van der Waals surface area (Å²) in [6.07, 6.45) is 6.43. The maximum Gasteiger partial charge on any atom is 0.224 e. The van der Waals surface area contributed by atoms with Crippen molar-refractivity contribution in [3.05, 3.63) is 24.0 Å². The summed E-state index contributed by atoms with van der Waals surface area (Å²) in [6, 6.07) is 3.69. The summed E-state index contributed by atoms with van der Waals surface area (Å²) < 4.78 is 0. The Morgan fingerprint density at radius 1 is 1.35 bits per heavy atom. The first-order valence-electron chi connectivity index (χ1n) is 6.15. The molecule has 0 aliphatic rings. The second-order valence-electron chi connectivity index (χ2n) is 4.14. The highest BCUT2D eigenvalue weighted by molar-refractivity contribution is 5.91. The van der Waals surface area contributed by atoms with Gasteiger partial charge in [-0.25, -0.2) is 0 Å². The molecule has 0 radical (unpaired) electrons. The maximum atomic E-state index is 11.6. The van der Waals surface area contributed by atoms with E-state index in [1.54, 1.807) is 6.20 Å². The molecule has 0 spiro atoms. The third kappa shape index (κ3) is 5.45. The molecule has 0 saturated carbocycles. The van der Waals surface area contributed by atoms with Gasteiger partial charge in [0.25, 0.3) is 0 Å². The number of carbonyl (C=O) groups excluding carboxylic acids is 1. The Morgan fingerprint density at radius 2 is 2.12 bits per heavy atom. The van der Waals surface area contributed by atoms with E-state index >= 15 is 0 Å². The molecule has 4 nitrogen and oxygen atoms in total. The van der Waals surface area contributed by atoms with Crippen LogP contribution in [-0.2, 0) is 4.79 Å². The number of hydrogen-bond donors (Lipinski definition) is 2. The minimum absolute atomic E-state index is 0.0637. The van der Waals surface area contributed by atoms with E-state index in [9.17, 15) is 4.79 Å². The van der Waals surface area contributed by atoms with Crippen LogP contribution in [0.2, 0.25) is 0 Å². The molecule has 0 fully saturated rings. The maximum absolute atomic E-state index is 11.6. The fraction of sp³-hybridized carbons (Fsp3) is 0.538. The topological polar surface area (TPSA) is 68.0 Å². The molecule has 0 unspecified atom stereocenters. The summed E-state index contributed by atoms with van der Waals surface area (Å²) in [5.41, 5.74) is 7.06. The molecule has 0 atom stereocenters. The Labute approximate surface area is 103 Å². The number of aromatic nitrogens is 1. The van der Waals surface area contributed by atoms with Crippen molar-refractivity contribution in [2.45, 2.75) is 39.0 Å². The van der Waals surface area contributed by atoms with Gasteiger partial charge in [-0.1, -0.05) is 12.8 Å². The number of anilines is 1. The van der Waals surface area contributed by atoms with Crippen molar-refractivity contribution < 1.29 is 4.79 Å². The van der Waals surface area contributed by atoms with E-state index in [4.69, 9.17) is 5.73 Å². The number of nitrogens with two attached hydrogens (primary N) is 1. The van der Waals surface area contributed by atoms with Crippen LogP contribution in [0, 0.1) is 6.92 Å². The minimum atomic E-state index is 0.0637. The largest absolute Gasteiger partial charge is 0.330 e. The number of nitrogens with one attached hydrogen (secondary N) is 1. The molecule has 1 aromatic heterocycles. The van der Waals surface area contributed by atoms with Crippen LogP contribution in [0.1, 0.15) is 37.8 Å². The van der Waals surface area contributed by atoms with Gasteiger partial charge in [0.15, 0.2) is 0 Å². The van der Waals surface area contributed by atoms with Gasteiger partial charge in [-0.15, -0.1) is 0 Å². The van der Waals surface area contributed by atoms with Crippen molar-refractivity contribution in [1.29, 1.82) is 0 Å². The van der Waals surface area contributed by atoms with Crippen molar-refractivity contribution >= 4 is 11.6 Å². The zero-order valence-electron chi connectivity index (χ0n) is 10.4. The van der Waals surface area contributed by atoms with Crippen molar-refractivity contribution in [2.75, 3.05) is 11.9 Å². The summed E-state index contributed by atoms with van der Waals surface area (Å²) in [5.74, 6) is 0.0637. The molecule has 1 rings (SSSR count). The standard InChI is InChI=1S/C13H21N3O/c1-11-12(7-6-10-15-11)16-13(17)8-4-2-3-5-9-14/h6-7,10H,2-5,8-9,14H2,1H3,(H,16,17). The Balaban J connectivity index is 2.23. The van der Waals surface area contributed by atoms with Gasteiger partial charge >= 0.3 is 0 Å². The first-order valence-corrected chi connectivity index (χ1v) is 6.15. The molecular weight excluding hydrogens is 214 g/mol. The molecule has 1 heterocycles. The van der Waals surface area contributed by atoms with Crippen LogP contribution >= 0.6 is 0 Å². The van der Waals surface area contributed by atoms with E-state index in [1.165, 1.54) is 0 Å². The van der Waals surface area contributed by atoms with Crippen LogP contribution in [0.4, 0.5) is 5.69 Å². The lowest BCUT2D eigenvalue weighted by molar-refractivity contribution is -0.116. The number of aryl methyl sites for hydroxylation is 1. The summed E-state index contributed by atoms with van der Waals surface area (Å²) in [5, 5.41) is 2.87. The van der Waals surface area contributed by atoms with Crippen LogP contribution in [0.3, 0.4) is 0 Å². The number of rotatable bonds is 7. The molecule has 3 N–H and O–H groups in total. The van der Waals surface area contributed by atoms with E-state index < -0.39 is 0 Å². The predicted octanol–water partition coefficient (Wildman–Crippen LogP) is 2.24. The van der Waals surface area contributed by atoms with Gasteiger partial charge in [0.05, 0.1) is 11.4 Å². The molecule has 94 valence electrons. The highest BCUT2D eigenvalue weighted by Crippen LogP contribution is 2.11. The Hall–Kier alpha value is -1.42. The van der Waals surface area contributed by atoms with Gasteiger partial charge in [-0.2, -0.15) is 0 Å². The van der Waals surface area contributed by atoms with Crippen LogP contribution in [0.15, 0.2) is 18.3 Å². The van der Waals surface area contributed by atoms with Crippen molar-refractivity contribution in [3.63, 3.8) is 0 Å². The molecule has 1 amide bonds. The van der Waals surface area contributed by atoms with E-state index in [0.717, 1.165) is 43.6 Å². The number of carbonyl (C=O) groups is 1. The highest BCUT2D eigenvalue weighted by atomic mass is 16.1. The number of unbranched alkanes of at least 4 members (excludes halogenated alkanes) is 3. The lowest BCUT2D eigenvalue weighted by Crippen LogP contribution is -2.12. The molecule has 0 aromatic carbocycles. The van der Waals surface area contributed by atoms with Gasteiger partial charge in [0, 0.05) is 12.6 Å². The molecule has 0 saturated heterocycles. The molecule has 0 aliphatic heterocycles. The van der Waals surface area contributed by atoms with Crippen LogP contribution < -0.4 is 11.1 Å². The molecular formula is C13H21N3O. The van der Waals surface area contributed by atoms with Crippen LogP contribution in [0.5, 0.6) is 0 Å². The van der Waals surface area contributed by atoms with E-state index in [-0.39, 0.29) is 5.91 Å². The molecule has 4 heteroatoms. The quantitative estimate of drug-likeness (QED) is 0.712. The second-order valence-corrected chi connectivity index (χ2v) is 4.14. The Kier molecular flexibility index (Phi) is 6.25. The fourth-order valence-electron chi connectivity index (χ4n) is 1.61. The summed E-state index contributed by atoms with van der Waals surface area (Å²) in [7, 11) is 0. The first kappa shape index (κ1) is 13.6. The van der Waals surface area contributed by atoms with Crippen molar-refractivity contribution in [3.8, 4) is 0 Å². The number of pyridine rings is 1. The van der Waals surface area contributed by atoms with E-state index in [2.05, 4.69) is 10.3 Å². The minimum Gasteiger partial charge on any atom is -0.330 e. The monoisotopic (exact) mass is 235 g/mol. The average Bonchev–Trinajstić information content (AvgIpc) is 2.32.